The van der Waals surface area contributed by atoms with Gasteiger partial charge in [-0.25, -0.2) is 0 Å². The summed E-state index contributed by atoms with van der Waals surface area (Å²) in [4.78, 5) is 14.9. The quantitative estimate of drug-likeness (QED) is 0.445. The van der Waals surface area contributed by atoms with Crippen LogP contribution in [0, 0.1) is 6.92 Å². The number of carbonyl (C=O) groups is 1. The van der Waals surface area contributed by atoms with Gasteiger partial charge in [0.15, 0.2) is 23.4 Å². The van der Waals surface area contributed by atoms with Gasteiger partial charge in [-0.05, 0) is 26.0 Å². The van der Waals surface area contributed by atoms with E-state index in [1.54, 1.807) is 31.2 Å². The third-order valence-electron chi connectivity index (χ3n) is 3.82. The zero-order chi connectivity index (χ0) is 19.5. The van der Waals surface area contributed by atoms with Gasteiger partial charge < -0.3 is 14.0 Å². The van der Waals surface area contributed by atoms with Crippen molar-refractivity contribution in [2.45, 2.75) is 20.5 Å². The molecule has 0 aliphatic carbocycles. The van der Waals surface area contributed by atoms with Crippen LogP contribution in [0.2, 0.25) is 0 Å². The van der Waals surface area contributed by atoms with Crippen LogP contribution < -0.4 is 9.47 Å². The maximum absolute atomic E-state index is 10.7. The van der Waals surface area contributed by atoms with Crippen LogP contribution >= 0.6 is 0 Å². The summed E-state index contributed by atoms with van der Waals surface area (Å²) in [6.07, 6.45) is 2.22. The second-order valence-corrected chi connectivity index (χ2v) is 5.85. The number of pyridine rings is 1. The Morgan fingerprint density at radius 2 is 2.11 bits per heavy atom. The average molecular weight is 380 g/mol. The molecule has 0 aromatic carbocycles. The first kappa shape index (κ1) is 17.6. The fraction of sp³-hybridized carbons (Fsp3) is 0.222. The Morgan fingerprint density at radius 3 is 2.79 bits per heavy atom. The van der Waals surface area contributed by atoms with E-state index in [2.05, 4.69) is 25.4 Å². The number of rotatable bonds is 7. The van der Waals surface area contributed by atoms with Crippen molar-refractivity contribution in [2.75, 3.05) is 6.61 Å². The highest BCUT2D eigenvalue weighted by atomic mass is 16.5. The van der Waals surface area contributed by atoms with Crippen molar-refractivity contribution in [3.63, 3.8) is 0 Å². The Bertz CT molecular complexity index is 1120. The minimum Gasteiger partial charge on any atom is -0.488 e. The molecule has 0 saturated carbocycles. The lowest BCUT2D eigenvalue weighted by Crippen LogP contribution is -2.06. The number of fused-ring (bicyclic) bond motifs is 1. The minimum absolute atomic E-state index is 0.151. The van der Waals surface area contributed by atoms with Gasteiger partial charge >= 0.3 is 0 Å². The van der Waals surface area contributed by atoms with E-state index in [4.69, 9.17) is 14.0 Å². The number of carbonyl (C=O) groups excluding carboxylic acids is 1. The van der Waals surface area contributed by atoms with Gasteiger partial charge in [-0.1, -0.05) is 5.16 Å². The van der Waals surface area contributed by atoms with E-state index >= 15 is 0 Å². The van der Waals surface area contributed by atoms with Crippen molar-refractivity contribution >= 4 is 11.9 Å². The van der Waals surface area contributed by atoms with Crippen molar-refractivity contribution in [2.24, 2.45) is 0 Å². The van der Waals surface area contributed by atoms with E-state index in [0.29, 0.717) is 46.5 Å². The van der Waals surface area contributed by atoms with Crippen LogP contribution in [-0.4, -0.2) is 42.8 Å². The first-order chi connectivity index (χ1) is 13.7. The highest BCUT2D eigenvalue weighted by molar-refractivity contribution is 5.73. The molecule has 0 atom stereocenters. The van der Waals surface area contributed by atoms with Crippen LogP contribution in [0.5, 0.6) is 11.6 Å². The Morgan fingerprint density at radius 1 is 1.21 bits per heavy atom. The molecule has 0 saturated heterocycles. The van der Waals surface area contributed by atoms with Crippen LogP contribution in [0.3, 0.4) is 0 Å². The molecule has 0 fully saturated rings. The first-order valence-corrected chi connectivity index (χ1v) is 8.53. The molecule has 0 N–H and O–H groups in total. The summed E-state index contributed by atoms with van der Waals surface area (Å²) in [7, 11) is 0. The second-order valence-electron chi connectivity index (χ2n) is 5.85. The zero-order valence-corrected chi connectivity index (χ0v) is 15.2. The number of hydrogen-bond donors (Lipinski definition) is 0. The number of nitrogens with zero attached hydrogens (tertiary/aromatic N) is 6. The fourth-order valence-corrected chi connectivity index (χ4v) is 2.52. The summed E-state index contributed by atoms with van der Waals surface area (Å²) < 4.78 is 18.1. The summed E-state index contributed by atoms with van der Waals surface area (Å²) >= 11 is 0. The molecular formula is C18H16N6O4. The summed E-state index contributed by atoms with van der Waals surface area (Å²) in [5.74, 6) is 1.78. The van der Waals surface area contributed by atoms with E-state index < -0.39 is 0 Å². The van der Waals surface area contributed by atoms with Crippen molar-refractivity contribution < 1.29 is 18.8 Å². The lowest BCUT2D eigenvalue weighted by Gasteiger charge is -2.11. The summed E-state index contributed by atoms with van der Waals surface area (Å²) in [5, 5.41) is 16.7. The molecule has 4 rings (SSSR count). The molecule has 0 spiro atoms. The molecule has 0 unspecified atom stereocenters. The number of aromatic nitrogens is 6. The van der Waals surface area contributed by atoms with Gasteiger partial charge in [-0.3, -0.25) is 9.78 Å². The monoisotopic (exact) mass is 380 g/mol. The molecule has 0 bridgehead atoms. The predicted molar refractivity (Wildman–Crippen MR) is 96.1 cm³/mol. The third-order valence-corrected chi connectivity index (χ3v) is 3.82. The summed E-state index contributed by atoms with van der Waals surface area (Å²) in [6.45, 7) is 4.24. The smallest absolute Gasteiger partial charge is 0.275 e. The molecular weight excluding hydrogens is 364 g/mol. The molecule has 4 heterocycles. The molecule has 4 aromatic rings. The van der Waals surface area contributed by atoms with E-state index in [-0.39, 0.29) is 12.5 Å². The Balaban J connectivity index is 1.67. The van der Waals surface area contributed by atoms with Gasteiger partial charge in [0, 0.05) is 23.9 Å². The molecule has 10 heteroatoms. The predicted octanol–water partition coefficient (Wildman–Crippen LogP) is 2.27. The third kappa shape index (κ3) is 3.39. The van der Waals surface area contributed by atoms with Gasteiger partial charge in [0.2, 0.25) is 5.82 Å². The van der Waals surface area contributed by atoms with Gasteiger partial charge in [0.1, 0.15) is 12.4 Å². The SMILES string of the molecule is CCOc1cc2nnc(-c3cc(C)on3)n2nc1OCc1ccc(C=O)cn1. The van der Waals surface area contributed by atoms with Crippen LogP contribution in [0.15, 0.2) is 35.0 Å². The van der Waals surface area contributed by atoms with Gasteiger partial charge in [-0.2, -0.15) is 4.52 Å². The lowest BCUT2D eigenvalue weighted by atomic mass is 10.3. The Labute approximate surface area is 159 Å². The maximum atomic E-state index is 10.7. The molecule has 142 valence electrons. The fourth-order valence-electron chi connectivity index (χ4n) is 2.52. The molecule has 0 aliphatic heterocycles. The van der Waals surface area contributed by atoms with Crippen molar-refractivity contribution in [1.82, 2.24) is 30.0 Å². The van der Waals surface area contributed by atoms with E-state index in [1.807, 2.05) is 6.92 Å². The second kappa shape index (κ2) is 7.43. The molecule has 4 aromatic heterocycles. The zero-order valence-electron chi connectivity index (χ0n) is 15.2. The molecule has 0 amide bonds. The van der Waals surface area contributed by atoms with Crippen LogP contribution in [0.25, 0.3) is 17.2 Å². The number of aldehydes is 1. The molecule has 10 nitrogen and oxygen atoms in total. The van der Waals surface area contributed by atoms with Crippen molar-refractivity contribution in [3.8, 4) is 23.1 Å². The number of ether oxygens (including phenoxy) is 2. The van der Waals surface area contributed by atoms with E-state index in [1.165, 1.54) is 10.7 Å². The van der Waals surface area contributed by atoms with E-state index in [9.17, 15) is 4.79 Å². The summed E-state index contributed by atoms with van der Waals surface area (Å²) in [6, 6.07) is 6.82. The van der Waals surface area contributed by atoms with Gasteiger partial charge in [-0.15, -0.1) is 15.3 Å². The molecule has 0 aliphatic rings. The van der Waals surface area contributed by atoms with Crippen molar-refractivity contribution in [1.29, 1.82) is 0 Å². The van der Waals surface area contributed by atoms with Crippen molar-refractivity contribution in [3.05, 3.63) is 47.5 Å². The largest absolute Gasteiger partial charge is 0.488 e. The highest BCUT2D eigenvalue weighted by Gasteiger charge is 2.18. The first-order valence-electron chi connectivity index (χ1n) is 8.53. The van der Waals surface area contributed by atoms with E-state index in [0.717, 1.165) is 6.29 Å². The number of aryl methyl sites for hydroxylation is 1. The van der Waals surface area contributed by atoms with Gasteiger partial charge in [0.25, 0.3) is 5.88 Å². The maximum Gasteiger partial charge on any atom is 0.275 e. The topological polar surface area (TPSA) is 118 Å². The lowest BCUT2D eigenvalue weighted by molar-refractivity contribution is 0.112. The highest BCUT2D eigenvalue weighted by Crippen LogP contribution is 2.28. The molecule has 0 radical (unpaired) electrons. The van der Waals surface area contributed by atoms with Gasteiger partial charge in [0.05, 0.1) is 12.3 Å². The normalized spacial score (nSPS) is 10.9. The minimum atomic E-state index is 0.151. The Kier molecular flexibility index (Phi) is 4.67. The standard InChI is InChI=1S/C18H16N6O4/c1-3-26-15-7-16-20-21-17(14-6-11(2)28-23-14)24(16)22-18(15)27-10-13-5-4-12(9-25)8-19-13/h4-9H,3,10H2,1-2H3. The summed E-state index contributed by atoms with van der Waals surface area (Å²) in [5.41, 5.74) is 2.14. The number of hydrogen-bond acceptors (Lipinski definition) is 9. The Hall–Kier alpha value is -3.82. The average Bonchev–Trinajstić information content (AvgIpc) is 3.32. The van der Waals surface area contributed by atoms with Crippen LogP contribution in [0.1, 0.15) is 28.7 Å². The van der Waals surface area contributed by atoms with Crippen LogP contribution in [0.4, 0.5) is 0 Å². The van der Waals surface area contributed by atoms with Crippen LogP contribution in [-0.2, 0) is 6.61 Å². The molecule has 28 heavy (non-hydrogen) atoms.